The average Bonchev–Trinajstić information content (AvgIpc) is 2.40. The number of amides is 1. The van der Waals surface area contributed by atoms with Crippen molar-refractivity contribution in [1.82, 2.24) is 0 Å². The second-order valence-corrected chi connectivity index (χ2v) is 5.18. The van der Waals surface area contributed by atoms with Crippen LogP contribution in [0, 0.1) is 0 Å². The van der Waals surface area contributed by atoms with Gasteiger partial charge >= 0.3 is 0 Å². The van der Waals surface area contributed by atoms with Crippen LogP contribution in [0.3, 0.4) is 0 Å². The quantitative estimate of drug-likeness (QED) is 0.921. The molecule has 0 bridgehead atoms. The summed E-state index contributed by atoms with van der Waals surface area (Å²) in [7, 11) is -1.02. The third-order valence-electron chi connectivity index (χ3n) is 2.48. The summed E-state index contributed by atoms with van der Waals surface area (Å²) in [6.45, 7) is 0. The molecule has 92 valence electrons. The Labute approximate surface area is 108 Å². The Hall–Kier alpha value is -1.94. The Morgan fingerprint density at radius 1 is 1.00 bits per heavy atom. The number of para-hydroxylation sites is 1. The first-order valence-corrected chi connectivity index (χ1v) is 7.02. The summed E-state index contributed by atoms with van der Waals surface area (Å²) in [5.74, 6) is -0.172. The van der Waals surface area contributed by atoms with E-state index in [1.54, 1.807) is 30.5 Å². The predicted molar refractivity (Wildman–Crippen MR) is 73.2 cm³/mol. The molecular weight excluding hydrogens is 246 g/mol. The van der Waals surface area contributed by atoms with E-state index in [0.29, 0.717) is 10.5 Å². The summed E-state index contributed by atoms with van der Waals surface area (Å²) in [6.07, 6.45) is 1.61. The van der Waals surface area contributed by atoms with Gasteiger partial charge in [0.15, 0.2) is 0 Å². The lowest BCUT2D eigenvalue weighted by molar-refractivity contribution is 0.102. The molecule has 0 aromatic heterocycles. The highest BCUT2D eigenvalue weighted by Crippen LogP contribution is 2.11. The minimum absolute atomic E-state index is 0.172. The van der Waals surface area contributed by atoms with E-state index in [-0.39, 0.29) is 5.91 Å². The van der Waals surface area contributed by atoms with Gasteiger partial charge in [-0.25, -0.2) is 0 Å². The highest BCUT2D eigenvalue weighted by Gasteiger charge is 2.06. The molecule has 4 heteroatoms. The van der Waals surface area contributed by atoms with Gasteiger partial charge in [0.25, 0.3) is 5.91 Å². The van der Waals surface area contributed by atoms with Gasteiger partial charge in [-0.1, -0.05) is 18.2 Å². The van der Waals surface area contributed by atoms with Gasteiger partial charge in [-0.3, -0.25) is 9.00 Å². The first-order chi connectivity index (χ1) is 8.66. The van der Waals surface area contributed by atoms with Crippen molar-refractivity contribution in [2.45, 2.75) is 4.90 Å². The first kappa shape index (κ1) is 12.5. The third-order valence-corrected chi connectivity index (χ3v) is 3.42. The fourth-order valence-corrected chi connectivity index (χ4v) is 2.04. The van der Waals surface area contributed by atoms with Gasteiger partial charge in [-0.05, 0) is 36.4 Å². The largest absolute Gasteiger partial charge is 0.322 e. The lowest BCUT2D eigenvalue weighted by Crippen LogP contribution is -2.11. The van der Waals surface area contributed by atoms with Crippen LogP contribution < -0.4 is 5.32 Å². The Morgan fingerprint density at radius 2 is 1.61 bits per heavy atom. The maximum atomic E-state index is 11.9. The van der Waals surface area contributed by atoms with Crippen LogP contribution in [0.25, 0.3) is 0 Å². The minimum atomic E-state index is -1.02. The zero-order valence-corrected chi connectivity index (χ0v) is 10.7. The van der Waals surface area contributed by atoms with E-state index in [1.165, 1.54) is 0 Å². The molecule has 0 radical (unpaired) electrons. The van der Waals surface area contributed by atoms with Gasteiger partial charge in [0.1, 0.15) is 0 Å². The topological polar surface area (TPSA) is 46.2 Å². The van der Waals surface area contributed by atoms with Crippen molar-refractivity contribution in [1.29, 1.82) is 0 Å². The van der Waals surface area contributed by atoms with E-state index >= 15 is 0 Å². The number of benzene rings is 2. The second-order valence-electron chi connectivity index (χ2n) is 3.80. The zero-order valence-electron chi connectivity index (χ0n) is 9.92. The number of hydrogen-bond acceptors (Lipinski definition) is 2. The molecule has 1 atom stereocenters. The van der Waals surface area contributed by atoms with Crippen molar-refractivity contribution < 1.29 is 9.00 Å². The van der Waals surface area contributed by atoms with Gasteiger partial charge < -0.3 is 5.32 Å². The van der Waals surface area contributed by atoms with E-state index < -0.39 is 10.8 Å². The van der Waals surface area contributed by atoms with Crippen LogP contribution in [0.4, 0.5) is 5.69 Å². The van der Waals surface area contributed by atoms with E-state index in [1.807, 2.05) is 30.3 Å². The van der Waals surface area contributed by atoms with Crippen LogP contribution >= 0.6 is 0 Å². The summed E-state index contributed by atoms with van der Waals surface area (Å²) < 4.78 is 11.2. The molecule has 0 fully saturated rings. The van der Waals surface area contributed by atoms with Gasteiger partial charge in [0.2, 0.25) is 0 Å². The molecule has 0 heterocycles. The van der Waals surface area contributed by atoms with Gasteiger partial charge in [-0.15, -0.1) is 0 Å². The number of carbonyl (C=O) groups is 1. The molecule has 2 aromatic rings. The van der Waals surface area contributed by atoms with Crippen LogP contribution in [0.1, 0.15) is 10.4 Å². The molecule has 0 aliphatic carbocycles. The Morgan fingerprint density at radius 3 is 2.17 bits per heavy atom. The number of nitrogens with one attached hydrogen (secondary N) is 1. The van der Waals surface area contributed by atoms with Gasteiger partial charge in [0.05, 0.1) is 0 Å². The standard InChI is InChI=1S/C14H13NO2S/c1-18(17)13-9-7-11(8-10-13)14(16)15-12-5-3-2-4-6-12/h2-10H,1H3,(H,15,16). The predicted octanol–water partition coefficient (Wildman–Crippen LogP) is 2.68. The molecule has 18 heavy (non-hydrogen) atoms. The highest BCUT2D eigenvalue weighted by molar-refractivity contribution is 7.84. The van der Waals surface area contributed by atoms with Gasteiger partial charge in [0, 0.05) is 33.2 Å². The van der Waals surface area contributed by atoms with Gasteiger partial charge in [-0.2, -0.15) is 0 Å². The van der Waals surface area contributed by atoms with Crippen molar-refractivity contribution in [2.24, 2.45) is 0 Å². The molecule has 0 saturated heterocycles. The van der Waals surface area contributed by atoms with Crippen molar-refractivity contribution in [2.75, 3.05) is 11.6 Å². The third kappa shape index (κ3) is 3.05. The Kier molecular flexibility index (Phi) is 3.89. The zero-order chi connectivity index (χ0) is 13.0. The molecule has 1 N–H and O–H groups in total. The lowest BCUT2D eigenvalue weighted by Gasteiger charge is -2.05. The monoisotopic (exact) mass is 259 g/mol. The van der Waals surface area contributed by atoms with Crippen LogP contribution in [0.2, 0.25) is 0 Å². The summed E-state index contributed by atoms with van der Waals surface area (Å²) >= 11 is 0. The second kappa shape index (κ2) is 5.60. The molecule has 2 rings (SSSR count). The molecule has 3 nitrogen and oxygen atoms in total. The van der Waals surface area contributed by atoms with Crippen LogP contribution in [-0.2, 0) is 10.8 Å². The van der Waals surface area contributed by atoms with Crippen LogP contribution in [-0.4, -0.2) is 16.4 Å². The Balaban J connectivity index is 2.12. The van der Waals surface area contributed by atoms with Crippen LogP contribution in [0.5, 0.6) is 0 Å². The number of carbonyl (C=O) groups excluding carboxylic acids is 1. The molecule has 1 unspecified atom stereocenters. The number of hydrogen-bond donors (Lipinski definition) is 1. The summed E-state index contributed by atoms with van der Waals surface area (Å²) in [4.78, 5) is 12.6. The normalized spacial score (nSPS) is 11.8. The molecule has 0 spiro atoms. The fourth-order valence-electron chi connectivity index (χ4n) is 1.52. The van der Waals surface area contributed by atoms with E-state index in [9.17, 15) is 9.00 Å². The first-order valence-electron chi connectivity index (χ1n) is 5.47. The maximum absolute atomic E-state index is 11.9. The molecule has 2 aromatic carbocycles. The number of rotatable bonds is 3. The SMILES string of the molecule is CS(=O)c1ccc(C(=O)Nc2ccccc2)cc1. The maximum Gasteiger partial charge on any atom is 0.255 e. The molecule has 0 saturated carbocycles. The van der Waals surface area contributed by atoms with Crippen molar-refractivity contribution in [3.8, 4) is 0 Å². The minimum Gasteiger partial charge on any atom is -0.322 e. The highest BCUT2D eigenvalue weighted by atomic mass is 32.2. The molecular formula is C14H13NO2S. The van der Waals surface area contributed by atoms with Crippen molar-refractivity contribution >= 4 is 22.4 Å². The van der Waals surface area contributed by atoms with E-state index in [4.69, 9.17) is 0 Å². The average molecular weight is 259 g/mol. The van der Waals surface area contributed by atoms with Crippen molar-refractivity contribution in [3.05, 3.63) is 60.2 Å². The van der Waals surface area contributed by atoms with Crippen LogP contribution in [0.15, 0.2) is 59.5 Å². The summed E-state index contributed by atoms with van der Waals surface area (Å²) in [5.41, 5.74) is 1.30. The lowest BCUT2D eigenvalue weighted by atomic mass is 10.2. The molecule has 1 amide bonds. The fraction of sp³-hybridized carbons (Fsp3) is 0.0714. The molecule has 0 aliphatic rings. The molecule has 0 aliphatic heterocycles. The smallest absolute Gasteiger partial charge is 0.255 e. The summed E-state index contributed by atoms with van der Waals surface area (Å²) in [6, 6.07) is 16.0. The number of anilines is 1. The van der Waals surface area contributed by atoms with E-state index in [0.717, 1.165) is 5.69 Å². The Bertz CT molecular complexity index is 564. The van der Waals surface area contributed by atoms with E-state index in [2.05, 4.69) is 5.32 Å². The summed E-state index contributed by atoms with van der Waals surface area (Å²) in [5, 5.41) is 2.79. The van der Waals surface area contributed by atoms with Crippen molar-refractivity contribution in [3.63, 3.8) is 0 Å².